The van der Waals surface area contributed by atoms with Crippen molar-refractivity contribution in [3.05, 3.63) is 0 Å². The van der Waals surface area contributed by atoms with Crippen molar-refractivity contribution in [1.82, 2.24) is 0 Å². The summed E-state index contributed by atoms with van der Waals surface area (Å²) >= 11 is 0. The molecule has 2 saturated heterocycles. The van der Waals surface area contributed by atoms with Crippen molar-refractivity contribution in [1.29, 1.82) is 0 Å². The molecule has 2 aliphatic rings. The fourth-order valence-electron chi connectivity index (χ4n) is 2.45. The Morgan fingerprint density at radius 2 is 1.56 bits per heavy atom. The molecule has 102 valence electrons. The highest BCUT2D eigenvalue weighted by Gasteiger charge is 2.73. The van der Waals surface area contributed by atoms with E-state index in [1.165, 1.54) is 27.7 Å². The van der Waals surface area contributed by atoms with Crippen LogP contribution in [0.5, 0.6) is 0 Å². The van der Waals surface area contributed by atoms with Gasteiger partial charge in [-0.2, -0.15) is 0 Å². The van der Waals surface area contributed by atoms with Gasteiger partial charge in [-0.15, -0.1) is 0 Å². The molecule has 0 spiro atoms. The summed E-state index contributed by atoms with van der Waals surface area (Å²) in [6.07, 6.45) is -0.0747. The molecular formula is C12H18O6. The average Bonchev–Trinajstić information content (AvgIpc) is 2.43. The second-order valence-corrected chi connectivity index (χ2v) is 5.50. The molecule has 0 amide bonds. The second-order valence-electron chi connectivity index (χ2n) is 5.50. The normalized spacial score (nSPS) is 51.2. The number of hydrogen-bond donors (Lipinski definition) is 1. The molecule has 4 atom stereocenters. The Balaban J connectivity index is 2.37. The molecule has 0 saturated carbocycles. The Bertz CT molecular complexity index is 374. The lowest BCUT2D eigenvalue weighted by molar-refractivity contribution is -0.271. The van der Waals surface area contributed by atoms with Gasteiger partial charge in [-0.25, -0.2) is 0 Å². The van der Waals surface area contributed by atoms with E-state index in [1.807, 2.05) is 0 Å². The van der Waals surface area contributed by atoms with Gasteiger partial charge in [0.1, 0.15) is 5.60 Å². The number of ketones is 2. The van der Waals surface area contributed by atoms with Crippen molar-refractivity contribution in [2.75, 3.05) is 0 Å². The van der Waals surface area contributed by atoms with Crippen LogP contribution in [0.3, 0.4) is 0 Å². The number of ether oxygens (including phenoxy) is 3. The second kappa shape index (κ2) is 3.39. The van der Waals surface area contributed by atoms with Gasteiger partial charge >= 0.3 is 0 Å². The quantitative estimate of drug-likeness (QED) is 0.777. The third-order valence-electron chi connectivity index (χ3n) is 3.84. The van der Waals surface area contributed by atoms with E-state index in [2.05, 4.69) is 0 Å². The zero-order valence-corrected chi connectivity index (χ0v) is 11.2. The van der Waals surface area contributed by atoms with Crippen LogP contribution in [0.4, 0.5) is 0 Å². The Morgan fingerprint density at radius 1 is 1.00 bits per heavy atom. The standard InChI is InChI=1S/C12H18O6/c1-7(13)9(3)6-12(15)11(5,16-9)17-10(4,18-12)8(2)14/h15H,6H2,1-5H3/t9-,10+,11+,12-/m1/s1. The summed E-state index contributed by atoms with van der Waals surface area (Å²) in [5.74, 6) is -5.51. The van der Waals surface area contributed by atoms with Crippen LogP contribution in [-0.2, 0) is 23.8 Å². The van der Waals surface area contributed by atoms with Crippen LogP contribution < -0.4 is 0 Å². The highest BCUT2D eigenvalue weighted by Crippen LogP contribution is 2.55. The predicted octanol–water partition coefficient (Wildman–Crippen LogP) is 0.511. The van der Waals surface area contributed by atoms with Crippen LogP contribution in [-0.4, -0.2) is 39.6 Å². The Hall–Kier alpha value is -0.820. The smallest absolute Gasteiger partial charge is 0.231 e. The van der Waals surface area contributed by atoms with Gasteiger partial charge in [-0.1, -0.05) is 0 Å². The van der Waals surface area contributed by atoms with Gasteiger partial charge < -0.3 is 19.3 Å². The van der Waals surface area contributed by atoms with Gasteiger partial charge in [0.05, 0.1) is 0 Å². The molecule has 18 heavy (non-hydrogen) atoms. The summed E-state index contributed by atoms with van der Waals surface area (Å²) in [5, 5.41) is 10.5. The van der Waals surface area contributed by atoms with Crippen molar-refractivity contribution in [3.8, 4) is 0 Å². The lowest BCUT2D eigenvalue weighted by Crippen LogP contribution is -2.45. The van der Waals surface area contributed by atoms with E-state index < -0.39 is 23.0 Å². The molecule has 2 aliphatic heterocycles. The third-order valence-corrected chi connectivity index (χ3v) is 3.84. The van der Waals surface area contributed by atoms with Crippen LogP contribution in [0.1, 0.15) is 41.0 Å². The van der Waals surface area contributed by atoms with Gasteiger partial charge in [0, 0.05) is 13.3 Å². The molecule has 6 nitrogen and oxygen atoms in total. The molecule has 0 aromatic rings. The molecule has 0 aromatic carbocycles. The molecule has 0 radical (unpaired) electrons. The summed E-state index contributed by atoms with van der Waals surface area (Å²) in [6, 6.07) is 0. The van der Waals surface area contributed by atoms with E-state index in [-0.39, 0.29) is 18.0 Å². The van der Waals surface area contributed by atoms with Crippen molar-refractivity contribution < 1.29 is 28.9 Å². The molecule has 2 heterocycles. The van der Waals surface area contributed by atoms with Crippen LogP contribution in [0.2, 0.25) is 0 Å². The molecule has 0 unspecified atom stereocenters. The summed E-state index contributed by atoms with van der Waals surface area (Å²) in [6.45, 7) is 7.13. The first-order valence-corrected chi connectivity index (χ1v) is 5.81. The van der Waals surface area contributed by atoms with E-state index in [4.69, 9.17) is 14.2 Å². The lowest BCUT2D eigenvalue weighted by Gasteiger charge is -2.29. The Morgan fingerprint density at radius 3 is 1.94 bits per heavy atom. The molecule has 1 N–H and O–H groups in total. The maximum Gasteiger partial charge on any atom is 0.231 e. The number of Topliss-reactive ketones (excluding diaryl/α,β-unsaturated/α-hetero) is 2. The summed E-state index contributed by atoms with van der Waals surface area (Å²) in [7, 11) is 0. The SMILES string of the molecule is CC(=O)[C@@]1(C)O[C@]2(C)O[C@@](C)(C(C)=O)C[C@@]2(O)O1. The van der Waals surface area contributed by atoms with E-state index in [0.717, 1.165) is 0 Å². The minimum Gasteiger partial charge on any atom is -0.361 e. The van der Waals surface area contributed by atoms with Crippen LogP contribution in [0.15, 0.2) is 0 Å². The van der Waals surface area contributed by atoms with E-state index >= 15 is 0 Å². The van der Waals surface area contributed by atoms with Crippen molar-refractivity contribution in [2.24, 2.45) is 0 Å². The number of carbonyl (C=O) groups is 2. The molecule has 0 aromatic heterocycles. The number of hydrogen-bond acceptors (Lipinski definition) is 6. The van der Waals surface area contributed by atoms with Gasteiger partial charge in [0.15, 0.2) is 11.6 Å². The Kier molecular flexibility index (Phi) is 2.56. The molecule has 6 heteroatoms. The highest BCUT2D eigenvalue weighted by atomic mass is 16.9. The monoisotopic (exact) mass is 258 g/mol. The Labute approximate surface area is 105 Å². The number of carbonyl (C=O) groups excluding carboxylic acids is 2. The summed E-state index contributed by atoms with van der Waals surface area (Å²) in [4.78, 5) is 23.1. The van der Waals surface area contributed by atoms with Crippen molar-refractivity contribution in [2.45, 2.75) is 64.0 Å². The molecule has 0 aliphatic carbocycles. The molecule has 0 bridgehead atoms. The summed E-state index contributed by atoms with van der Waals surface area (Å²) < 4.78 is 16.4. The predicted molar refractivity (Wildman–Crippen MR) is 59.4 cm³/mol. The van der Waals surface area contributed by atoms with E-state index in [9.17, 15) is 14.7 Å². The third kappa shape index (κ3) is 1.56. The van der Waals surface area contributed by atoms with E-state index in [0.29, 0.717) is 0 Å². The van der Waals surface area contributed by atoms with Crippen LogP contribution >= 0.6 is 0 Å². The lowest BCUT2D eigenvalue weighted by atomic mass is 9.94. The van der Waals surface area contributed by atoms with E-state index in [1.54, 1.807) is 6.92 Å². The van der Waals surface area contributed by atoms with Gasteiger partial charge in [-0.3, -0.25) is 9.59 Å². The van der Waals surface area contributed by atoms with Gasteiger partial charge in [0.2, 0.25) is 17.4 Å². The van der Waals surface area contributed by atoms with Gasteiger partial charge in [-0.05, 0) is 27.7 Å². The van der Waals surface area contributed by atoms with Gasteiger partial charge in [0.25, 0.3) is 0 Å². The average molecular weight is 258 g/mol. The minimum absolute atomic E-state index is 0.0747. The first-order chi connectivity index (χ1) is 7.97. The molecule has 2 fully saturated rings. The maximum absolute atomic E-state index is 11.6. The van der Waals surface area contributed by atoms with Crippen LogP contribution in [0.25, 0.3) is 0 Å². The summed E-state index contributed by atoms with van der Waals surface area (Å²) in [5.41, 5.74) is -1.18. The fraction of sp³-hybridized carbons (Fsp3) is 0.833. The minimum atomic E-state index is -1.81. The number of rotatable bonds is 2. The van der Waals surface area contributed by atoms with Crippen molar-refractivity contribution in [3.63, 3.8) is 0 Å². The van der Waals surface area contributed by atoms with Crippen LogP contribution in [0, 0.1) is 0 Å². The molecule has 2 rings (SSSR count). The number of fused-ring (bicyclic) bond motifs is 1. The first kappa shape index (κ1) is 13.6. The number of aliphatic hydroxyl groups is 1. The zero-order valence-electron chi connectivity index (χ0n) is 11.2. The fourth-order valence-corrected chi connectivity index (χ4v) is 2.45. The largest absolute Gasteiger partial charge is 0.361 e. The van der Waals surface area contributed by atoms with Crippen molar-refractivity contribution >= 4 is 11.6 Å². The first-order valence-electron chi connectivity index (χ1n) is 5.81. The highest BCUT2D eigenvalue weighted by molar-refractivity contribution is 5.86. The molecular weight excluding hydrogens is 240 g/mol. The zero-order chi connectivity index (χ0) is 14.0. The maximum atomic E-state index is 11.6. The topological polar surface area (TPSA) is 82.1 Å².